The average Bonchev–Trinajstić information content (AvgIpc) is 3.34. The number of rotatable bonds is 3. The monoisotopic (exact) mass is 429 g/mol. The molecule has 0 saturated carbocycles. The number of benzene rings is 1. The lowest BCUT2D eigenvalue weighted by Crippen LogP contribution is -2.23. The summed E-state index contributed by atoms with van der Waals surface area (Å²) in [4.78, 5) is 12.7. The summed E-state index contributed by atoms with van der Waals surface area (Å²) in [6.45, 7) is 3.10. The molecule has 0 aromatic heterocycles. The van der Waals surface area contributed by atoms with Crippen molar-refractivity contribution in [1.82, 2.24) is 0 Å². The zero-order valence-electron chi connectivity index (χ0n) is 17.0. The van der Waals surface area contributed by atoms with Gasteiger partial charge in [0.15, 0.2) is 0 Å². The standard InChI is InChI=1S/C22H24FN3O3S/c1-22(2,28)13-6-3-7-14(12-13)30(24,29)26-21(27)25-20-17-10-4-8-15(17)19(23)16-9-5-11-18(16)20/h7,12,28H,4-5,8-11H2,1-2H3,(H3,24,25,26,27,29). The molecule has 0 saturated heterocycles. The molecule has 8 heteroatoms. The Balaban J connectivity index is 1.68. The van der Waals surface area contributed by atoms with Gasteiger partial charge in [-0.2, -0.15) is 0 Å². The summed E-state index contributed by atoms with van der Waals surface area (Å²) in [6.07, 6.45) is 7.08. The molecule has 0 radical (unpaired) electrons. The first-order valence-corrected chi connectivity index (χ1v) is 11.5. The van der Waals surface area contributed by atoms with Gasteiger partial charge >= 0.3 is 6.03 Å². The number of carbonyl (C=O) groups is 1. The predicted molar refractivity (Wildman–Crippen MR) is 114 cm³/mol. The van der Waals surface area contributed by atoms with E-state index in [0.29, 0.717) is 48.1 Å². The van der Waals surface area contributed by atoms with E-state index in [2.05, 4.69) is 21.1 Å². The van der Waals surface area contributed by atoms with Crippen LogP contribution in [0.15, 0.2) is 38.5 Å². The molecule has 30 heavy (non-hydrogen) atoms. The van der Waals surface area contributed by atoms with Crippen LogP contribution in [0.3, 0.4) is 0 Å². The van der Waals surface area contributed by atoms with Crippen molar-refractivity contribution in [2.24, 2.45) is 9.50 Å². The Kier molecular flexibility index (Phi) is 5.09. The maximum absolute atomic E-state index is 14.8. The van der Waals surface area contributed by atoms with Crippen LogP contribution >= 0.6 is 0 Å². The summed E-state index contributed by atoms with van der Waals surface area (Å²) in [6, 6.07) is -0.838. The van der Waals surface area contributed by atoms with E-state index in [1.165, 1.54) is 12.2 Å². The van der Waals surface area contributed by atoms with Crippen molar-refractivity contribution >= 4 is 21.6 Å². The molecule has 1 aromatic carbocycles. The smallest absolute Gasteiger partial charge is 0.354 e. The lowest BCUT2D eigenvalue weighted by Gasteiger charge is -2.18. The lowest BCUT2D eigenvalue weighted by atomic mass is 9.98. The average molecular weight is 430 g/mol. The molecule has 0 fully saturated rings. The number of allylic oxidation sites excluding steroid dienone is 1. The molecule has 4 rings (SSSR count). The number of anilines is 1. The number of amides is 2. The van der Waals surface area contributed by atoms with E-state index in [0.717, 1.165) is 24.0 Å². The number of hydrogen-bond donors (Lipinski definition) is 3. The molecule has 158 valence electrons. The highest BCUT2D eigenvalue weighted by atomic mass is 32.2. The van der Waals surface area contributed by atoms with Gasteiger partial charge in [0.1, 0.15) is 15.7 Å². The third-order valence-electron chi connectivity index (χ3n) is 5.72. The van der Waals surface area contributed by atoms with Crippen molar-refractivity contribution in [3.63, 3.8) is 0 Å². The van der Waals surface area contributed by atoms with E-state index in [-0.39, 0.29) is 10.7 Å². The van der Waals surface area contributed by atoms with Crippen molar-refractivity contribution < 1.29 is 18.5 Å². The molecule has 6 nitrogen and oxygen atoms in total. The summed E-state index contributed by atoms with van der Waals surface area (Å²) in [7, 11) is -3.57. The number of hydrogen-bond acceptors (Lipinski definition) is 3. The van der Waals surface area contributed by atoms with Gasteiger partial charge in [0.25, 0.3) is 0 Å². The first kappa shape index (κ1) is 20.8. The molecular formula is C22H24FN3O3S. The second kappa shape index (κ2) is 7.34. The van der Waals surface area contributed by atoms with Gasteiger partial charge in [0, 0.05) is 17.3 Å². The minimum Gasteiger partial charge on any atom is -0.385 e. The zero-order valence-corrected chi connectivity index (χ0v) is 17.8. The molecule has 1 aromatic rings. The van der Waals surface area contributed by atoms with E-state index in [4.69, 9.17) is 5.14 Å². The second-order valence-electron chi connectivity index (χ2n) is 8.33. The normalized spacial score (nSPS) is 19.0. The van der Waals surface area contributed by atoms with E-state index in [1.807, 2.05) is 0 Å². The highest BCUT2D eigenvalue weighted by Gasteiger charge is 2.30. The molecule has 0 aliphatic heterocycles. The molecule has 1 unspecified atom stereocenters. The lowest BCUT2D eigenvalue weighted by molar-refractivity contribution is 0.124. The van der Waals surface area contributed by atoms with Crippen molar-refractivity contribution in [2.75, 3.05) is 5.32 Å². The van der Waals surface area contributed by atoms with Gasteiger partial charge in [-0.3, -0.25) is 0 Å². The summed E-state index contributed by atoms with van der Waals surface area (Å²) in [5, 5.41) is 18.8. The SMILES string of the molecule is CC(C)(O)C1=C=C=CC(S(N)(=O)=NC(=O)Nc2c3c(c(F)c4c2CCC4)CCC3)=C1. The van der Waals surface area contributed by atoms with E-state index in [1.54, 1.807) is 13.8 Å². The van der Waals surface area contributed by atoms with Crippen LogP contribution in [0.5, 0.6) is 0 Å². The van der Waals surface area contributed by atoms with E-state index < -0.39 is 21.5 Å². The fourth-order valence-electron chi connectivity index (χ4n) is 4.25. The van der Waals surface area contributed by atoms with Crippen LogP contribution in [0.1, 0.15) is 48.9 Å². The number of nitrogens with two attached hydrogens (primary N) is 1. The maximum atomic E-state index is 14.8. The summed E-state index contributed by atoms with van der Waals surface area (Å²) in [5.74, 6) is -0.136. The third kappa shape index (κ3) is 3.69. The Labute approximate surface area is 175 Å². The van der Waals surface area contributed by atoms with Gasteiger partial charge in [0.05, 0.1) is 10.5 Å². The van der Waals surface area contributed by atoms with Crippen LogP contribution in [-0.4, -0.2) is 20.9 Å². The Bertz CT molecular complexity index is 1180. The molecule has 2 amide bonds. The maximum Gasteiger partial charge on any atom is 0.354 e. The van der Waals surface area contributed by atoms with Crippen LogP contribution in [-0.2, 0) is 35.6 Å². The van der Waals surface area contributed by atoms with Gasteiger partial charge < -0.3 is 10.4 Å². The Hall–Kier alpha value is -2.47. The van der Waals surface area contributed by atoms with Crippen LogP contribution in [0.2, 0.25) is 0 Å². The minimum absolute atomic E-state index is 0.0723. The molecule has 3 aliphatic carbocycles. The number of fused-ring (bicyclic) bond motifs is 2. The van der Waals surface area contributed by atoms with E-state index in [9.17, 15) is 18.5 Å². The van der Waals surface area contributed by atoms with Gasteiger partial charge in [-0.15, -0.1) is 4.36 Å². The number of carbonyl (C=O) groups excluding carboxylic acids is 1. The third-order valence-corrected chi connectivity index (χ3v) is 7.07. The largest absolute Gasteiger partial charge is 0.385 e. The summed E-state index contributed by atoms with van der Waals surface area (Å²) < 4.78 is 31.5. The Morgan fingerprint density at radius 2 is 1.77 bits per heavy atom. The van der Waals surface area contributed by atoms with Gasteiger partial charge in [0.2, 0.25) is 0 Å². The molecule has 0 spiro atoms. The Morgan fingerprint density at radius 1 is 1.20 bits per heavy atom. The van der Waals surface area contributed by atoms with Gasteiger partial charge in [-0.05, 0) is 80.7 Å². The van der Waals surface area contributed by atoms with Crippen LogP contribution in [0.25, 0.3) is 0 Å². The molecule has 0 heterocycles. The fraction of sp³-hybridized carbons (Fsp3) is 0.409. The van der Waals surface area contributed by atoms with Crippen LogP contribution in [0, 0.1) is 5.82 Å². The topological polar surface area (TPSA) is 105 Å². The number of urea groups is 1. The highest BCUT2D eigenvalue weighted by Crippen LogP contribution is 2.41. The van der Waals surface area contributed by atoms with Crippen LogP contribution in [0.4, 0.5) is 14.9 Å². The number of nitrogens with one attached hydrogen (secondary N) is 1. The van der Waals surface area contributed by atoms with Crippen molar-refractivity contribution in [3.05, 3.63) is 62.2 Å². The molecular weight excluding hydrogens is 405 g/mol. The number of halogens is 1. The first-order valence-electron chi connectivity index (χ1n) is 9.95. The van der Waals surface area contributed by atoms with E-state index >= 15 is 0 Å². The quantitative estimate of drug-likeness (QED) is 0.640. The van der Waals surface area contributed by atoms with Crippen LogP contribution < -0.4 is 10.5 Å². The molecule has 3 aliphatic rings. The second-order valence-corrected chi connectivity index (χ2v) is 10.1. The van der Waals surface area contributed by atoms with Crippen molar-refractivity contribution in [3.8, 4) is 0 Å². The fourth-order valence-corrected chi connectivity index (χ4v) is 5.16. The summed E-state index contributed by atoms with van der Waals surface area (Å²) >= 11 is 0. The van der Waals surface area contributed by atoms with Gasteiger partial charge in [-0.1, -0.05) is 11.5 Å². The first-order chi connectivity index (χ1) is 14.1. The minimum atomic E-state index is -3.57. The number of nitrogens with zero attached hydrogens (tertiary/aromatic N) is 1. The number of aliphatic hydroxyl groups is 1. The predicted octanol–water partition coefficient (Wildman–Crippen LogP) is 3.58. The summed E-state index contributed by atoms with van der Waals surface area (Å²) in [5.41, 5.74) is 8.07. The zero-order chi connectivity index (χ0) is 21.7. The highest BCUT2D eigenvalue weighted by molar-refractivity contribution is 7.95. The molecule has 1 atom stereocenters. The van der Waals surface area contributed by atoms with Crippen molar-refractivity contribution in [2.45, 2.75) is 58.0 Å². The molecule has 4 N–H and O–H groups in total. The molecule has 0 bridgehead atoms. The Morgan fingerprint density at radius 3 is 2.33 bits per heavy atom. The van der Waals surface area contributed by atoms with Gasteiger partial charge in [-0.25, -0.2) is 18.5 Å². The van der Waals surface area contributed by atoms with Crippen molar-refractivity contribution in [1.29, 1.82) is 0 Å².